The van der Waals surface area contributed by atoms with E-state index in [1.807, 2.05) is 0 Å². The van der Waals surface area contributed by atoms with Crippen molar-refractivity contribution >= 4 is 12.6 Å². The number of nitrogens with two attached hydrogens (primary N) is 2. The Morgan fingerprint density at radius 2 is 1.10 bits per heavy atom. The zero-order valence-corrected chi connectivity index (χ0v) is 18.8. The molecule has 0 unspecified atom stereocenters. The van der Waals surface area contributed by atoms with Gasteiger partial charge in [0.1, 0.15) is 0 Å². The van der Waals surface area contributed by atoms with E-state index in [4.69, 9.17) is 20.9 Å². The molecule has 176 valence electrons. The Hall–Kier alpha value is -2.61. The van der Waals surface area contributed by atoms with Crippen LogP contribution in [0.5, 0.6) is 23.0 Å². The molecule has 0 aliphatic rings. The minimum atomic E-state index is -0.106. The molecule has 0 aromatic heterocycles. The van der Waals surface area contributed by atoms with Crippen LogP contribution in [0.4, 0.5) is 0 Å². The van der Waals surface area contributed by atoms with Crippen LogP contribution < -0.4 is 20.9 Å². The molecular weight excluding hydrogens is 447 g/mol. The molecule has 0 saturated carbocycles. The first-order chi connectivity index (χ1) is 14.5. The third-order valence-corrected chi connectivity index (χ3v) is 3.91. The second-order valence-electron chi connectivity index (χ2n) is 6.02. The van der Waals surface area contributed by atoms with Crippen molar-refractivity contribution in [3.8, 4) is 23.0 Å². The maximum absolute atomic E-state index is 10.3. The van der Waals surface area contributed by atoms with Crippen molar-refractivity contribution in [3.63, 3.8) is 0 Å². The number of unbranched alkanes of at least 4 members (excludes halogenated alkanes) is 3. The molecule has 2 rings (SSSR count). The molecule has 0 saturated heterocycles. The van der Waals surface area contributed by atoms with Crippen molar-refractivity contribution in [1.29, 1.82) is 0 Å². The maximum atomic E-state index is 10.3. The molecule has 0 spiro atoms. The van der Waals surface area contributed by atoms with Gasteiger partial charge in [0, 0.05) is 16.5 Å². The van der Waals surface area contributed by atoms with E-state index >= 15 is 0 Å². The van der Waals surface area contributed by atoms with Gasteiger partial charge in [-0.25, -0.2) is 0 Å². The molecule has 0 amide bonds. The fourth-order valence-corrected chi connectivity index (χ4v) is 2.24. The number of aromatic hydroxyl groups is 2. The van der Waals surface area contributed by atoms with Crippen LogP contribution in [-0.4, -0.2) is 50.1 Å². The molecule has 6 N–H and O–H groups in total. The molecule has 0 radical (unpaired) electrons. The Kier molecular flexibility index (Phi) is 19.1. The third kappa shape index (κ3) is 12.0. The number of carbonyl (C=O) groups is 2. The van der Waals surface area contributed by atoms with Gasteiger partial charge in [0.25, 0.3) is 0 Å². The van der Waals surface area contributed by atoms with E-state index in [0.717, 1.165) is 25.9 Å². The first kappa shape index (κ1) is 30.6. The molecule has 0 atom stereocenters. The summed E-state index contributed by atoms with van der Waals surface area (Å²) in [5, 5.41) is 18.5. The Labute approximate surface area is 193 Å². The Bertz CT molecular complexity index is 695. The van der Waals surface area contributed by atoms with Gasteiger partial charge in [-0.1, -0.05) is 25.0 Å². The summed E-state index contributed by atoms with van der Waals surface area (Å²) in [5.74, 6) is 0.416. The van der Waals surface area contributed by atoms with Gasteiger partial charge in [-0.3, -0.25) is 9.59 Å². The normalized spacial score (nSPS) is 9.03. The first-order valence-corrected chi connectivity index (χ1v) is 9.53. The maximum Gasteiger partial charge on any atom is 0.168 e. The molecule has 2 aromatic rings. The number of phenols is 2. The quantitative estimate of drug-likeness (QED) is 0.244. The summed E-state index contributed by atoms with van der Waals surface area (Å²) in [5.41, 5.74) is 11.0. The Morgan fingerprint density at radius 1 is 0.742 bits per heavy atom. The summed E-state index contributed by atoms with van der Waals surface area (Å²) in [4.78, 5) is 20.6. The summed E-state index contributed by atoms with van der Waals surface area (Å²) >= 11 is 0. The number of methoxy groups -OCH3 is 2. The average molecular weight is 479 g/mol. The molecule has 0 aliphatic heterocycles. The number of hydrogen-bond acceptors (Lipinski definition) is 8. The van der Waals surface area contributed by atoms with Crippen molar-refractivity contribution in [2.24, 2.45) is 11.5 Å². The van der Waals surface area contributed by atoms with E-state index in [0.29, 0.717) is 24.1 Å². The monoisotopic (exact) mass is 478 g/mol. The fraction of sp³-hybridized carbons (Fsp3) is 0.364. The largest absolute Gasteiger partial charge is 0.504 e. The van der Waals surface area contributed by atoms with E-state index < -0.39 is 0 Å². The minimum Gasteiger partial charge on any atom is -0.504 e. The van der Waals surface area contributed by atoms with E-state index in [9.17, 15) is 19.8 Å². The van der Waals surface area contributed by atoms with Gasteiger partial charge in [0.05, 0.1) is 25.3 Å². The standard InChI is InChI=1S/2C8H8O3.C6H16N2.Ni/c2*1-11-7-4-2-3-6(5-9)8(7)10;7-5-3-1-2-4-6-8;/h2*2-5,10H,1H3;1-8H2;. The number of hydrogen-bond donors (Lipinski definition) is 4. The first-order valence-electron chi connectivity index (χ1n) is 9.53. The van der Waals surface area contributed by atoms with Gasteiger partial charge in [0.15, 0.2) is 35.6 Å². The van der Waals surface area contributed by atoms with E-state index in [-0.39, 0.29) is 39.1 Å². The molecule has 0 heterocycles. The summed E-state index contributed by atoms with van der Waals surface area (Å²) in [6.45, 7) is 1.65. The van der Waals surface area contributed by atoms with Gasteiger partial charge >= 0.3 is 0 Å². The summed E-state index contributed by atoms with van der Waals surface area (Å²) in [6.07, 6.45) is 5.96. The van der Waals surface area contributed by atoms with Gasteiger partial charge in [0.2, 0.25) is 0 Å². The second kappa shape index (κ2) is 19.4. The van der Waals surface area contributed by atoms with Crippen LogP contribution in [0.1, 0.15) is 46.4 Å². The fourth-order valence-electron chi connectivity index (χ4n) is 2.24. The van der Waals surface area contributed by atoms with Gasteiger partial charge in [-0.2, -0.15) is 0 Å². The summed E-state index contributed by atoms with van der Waals surface area (Å²) in [7, 11) is 2.87. The number of benzene rings is 2. The molecule has 2 aromatic carbocycles. The van der Waals surface area contributed by atoms with Crippen LogP contribution in [0.2, 0.25) is 0 Å². The minimum absolute atomic E-state index is 0. The van der Waals surface area contributed by atoms with Gasteiger partial charge in [-0.05, 0) is 50.2 Å². The van der Waals surface area contributed by atoms with E-state index in [1.54, 1.807) is 24.3 Å². The van der Waals surface area contributed by atoms with E-state index in [1.165, 1.54) is 39.2 Å². The van der Waals surface area contributed by atoms with Crippen LogP contribution in [0.3, 0.4) is 0 Å². The number of carbonyl (C=O) groups excluding carboxylic acids is 2. The second-order valence-corrected chi connectivity index (χ2v) is 6.02. The molecule has 0 fully saturated rings. The Morgan fingerprint density at radius 3 is 1.35 bits per heavy atom. The average Bonchev–Trinajstić information content (AvgIpc) is 2.78. The number of rotatable bonds is 9. The molecule has 31 heavy (non-hydrogen) atoms. The zero-order chi connectivity index (χ0) is 22.8. The van der Waals surface area contributed by atoms with Gasteiger partial charge < -0.3 is 31.2 Å². The van der Waals surface area contributed by atoms with Crippen molar-refractivity contribution in [2.75, 3.05) is 27.3 Å². The van der Waals surface area contributed by atoms with Gasteiger partial charge in [-0.15, -0.1) is 0 Å². The van der Waals surface area contributed by atoms with Crippen LogP contribution in [0.15, 0.2) is 36.4 Å². The van der Waals surface area contributed by atoms with Crippen LogP contribution in [0.25, 0.3) is 0 Å². The van der Waals surface area contributed by atoms with Crippen molar-refractivity contribution < 1.29 is 45.8 Å². The number of aldehydes is 2. The number of ether oxygens (including phenoxy) is 2. The summed E-state index contributed by atoms with van der Waals surface area (Å²) < 4.78 is 9.56. The van der Waals surface area contributed by atoms with E-state index in [2.05, 4.69) is 0 Å². The predicted molar refractivity (Wildman–Crippen MR) is 117 cm³/mol. The SMILES string of the molecule is COc1cccc(C=O)c1O.COc1cccc(C=O)c1O.NCCCCCCN.[Ni]. The van der Waals surface area contributed by atoms with Crippen molar-refractivity contribution in [3.05, 3.63) is 47.5 Å². The molecule has 9 heteroatoms. The topological polar surface area (TPSA) is 145 Å². The van der Waals surface area contributed by atoms with Crippen LogP contribution in [-0.2, 0) is 16.5 Å². The summed E-state index contributed by atoms with van der Waals surface area (Å²) in [6, 6.07) is 9.49. The molecule has 0 aliphatic carbocycles. The van der Waals surface area contributed by atoms with Crippen LogP contribution >= 0.6 is 0 Å². The van der Waals surface area contributed by atoms with Crippen LogP contribution in [0, 0.1) is 0 Å². The molecule has 0 bridgehead atoms. The number of phenolic OH excluding ortho intramolecular Hbond substituents is 2. The molecule has 8 nitrogen and oxygen atoms in total. The Balaban J connectivity index is 0. The van der Waals surface area contributed by atoms with Crippen molar-refractivity contribution in [1.82, 2.24) is 0 Å². The zero-order valence-electron chi connectivity index (χ0n) is 17.9. The third-order valence-electron chi connectivity index (χ3n) is 3.91. The predicted octanol–water partition coefficient (Wildman–Crippen LogP) is 2.89. The smallest absolute Gasteiger partial charge is 0.168 e. The number of para-hydroxylation sites is 2. The molecular formula is C22H32N2NiO6. The van der Waals surface area contributed by atoms with Crippen molar-refractivity contribution in [2.45, 2.75) is 25.7 Å².